The van der Waals surface area contributed by atoms with Crippen molar-refractivity contribution in [1.29, 1.82) is 0 Å². The van der Waals surface area contributed by atoms with Crippen LogP contribution in [0.25, 0.3) is 0 Å². The lowest BCUT2D eigenvalue weighted by Gasteiger charge is -2.22. The second-order valence-electron chi connectivity index (χ2n) is 4.33. The van der Waals surface area contributed by atoms with Crippen LogP contribution in [0.4, 0.5) is 5.69 Å². The summed E-state index contributed by atoms with van der Waals surface area (Å²) in [4.78, 5) is 13.0. The van der Waals surface area contributed by atoms with E-state index in [0.717, 1.165) is 28.6 Å². The van der Waals surface area contributed by atoms with E-state index in [0.29, 0.717) is 11.4 Å². The fraction of sp³-hybridized carbons (Fsp3) is 0.462. The lowest BCUT2D eigenvalue weighted by atomic mass is 10.2. The number of carbonyl (C=O) groups excluding carboxylic acids is 1. The average molecular weight is 353 g/mol. The molecular weight excluding hydrogens is 335 g/mol. The third-order valence-electron chi connectivity index (χ3n) is 2.87. The van der Waals surface area contributed by atoms with Crippen LogP contribution in [0.5, 0.6) is 0 Å². The summed E-state index contributed by atoms with van der Waals surface area (Å²) >= 11 is 9.60. The molecule has 20 heavy (non-hydrogen) atoms. The number of hydrogen-bond acceptors (Lipinski definition) is 4. The Bertz CT molecular complexity index is 454. The molecule has 1 fully saturated rings. The zero-order valence-electron chi connectivity index (χ0n) is 11.1. The number of halogens is 2. The molecule has 2 rings (SSSR count). The molecule has 1 aliphatic rings. The maximum absolute atomic E-state index is 11.9. The van der Waals surface area contributed by atoms with Crippen LogP contribution in [-0.4, -0.2) is 36.3 Å². The van der Waals surface area contributed by atoms with Crippen molar-refractivity contribution in [1.82, 2.24) is 5.32 Å². The standard InChI is InChI=1S/C13H17ClN2OS2.ClH/c1-18-12-3-2-9(6-11(12)14)16-13(17)7-10-8-19-5-4-15-10;/h2-3,6,10,15H,4-5,7-8H2,1H3,(H,16,17);1H. The van der Waals surface area contributed by atoms with Gasteiger partial charge in [-0.1, -0.05) is 11.6 Å². The minimum absolute atomic E-state index is 0. The minimum Gasteiger partial charge on any atom is -0.326 e. The first kappa shape index (κ1) is 18.0. The predicted octanol–water partition coefficient (Wildman–Crippen LogP) is 3.52. The Labute approximate surface area is 139 Å². The van der Waals surface area contributed by atoms with E-state index in [4.69, 9.17) is 11.6 Å². The minimum atomic E-state index is 0. The molecule has 0 radical (unpaired) electrons. The second kappa shape index (κ2) is 9.05. The van der Waals surface area contributed by atoms with Crippen LogP contribution in [0.1, 0.15) is 6.42 Å². The van der Waals surface area contributed by atoms with Crippen molar-refractivity contribution in [2.24, 2.45) is 0 Å². The number of anilines is 1. The quantitative estimate of drug-likeness (QED) is 0.813. The molecule has 1 aromatic rings. The van der Waals surface area contributed by atoms with Gasteiger partial charge in [-0.05, 0) is 24.5 Å². The lowest BCUT2D eigenvalue weighted by molar-refractivity contribution is -0.116. The van der Waals surface area contributed by atoms with Gasteiger partial charge in [0.15, 0.2) is 0 Å². The largest absolute Gasteiger partial charge is 0.326 e. The van der Waals surface area contributed by atoms with Gasteiger partial charge >= 0.3 is 0 Å². The molecule has 0 spiro atoms. The van der Waals surface area contributed by atoms with Crippen molar-refractivity contribution < 1.29 is 4.79 Å². The molecule has 1 atom stereocenters. The molecule has 0 aromatic heterocycles. The summed E-state index contributed by atoms with van der Waals surface area (Å²) < 4.78 is 0. The number of carbonyl (C=O) groups is 1. The maximum Gasteiger partial charge on any atom is 0.225 e. The van der Waals surface area contributed by atoms with Crippen LogP contribution in [0.3, 0.4) is 0 Å². The molecule has 112 valence electrons. The fourth-order valence-corrected chi connectivity index (χ4v) is 3.75. The molecule has 0 aliphatic carbocycles. The fourth-order valence-electron chi connectivity index (χ4n) is 1.93. The van der Waals surface area contributed by atoms with Crippen LogP contribution >= 0.6 is 47.5 Å². The number of hydrogen-bond donors (Lipinski definition) is 2. The molecule has 1 amide bonds. The van der Waals surface area contributed by atoms with E-state index in [9.17, 15) is 4.79 Å². The first-order valence-corrected chi connectivity index (χ1v) is 8.89. The third kappa shape index (κ3) is 5.37. The van der Waals surface area contributed by atoms with E-state index >= 15 is 0 Å². The Morgan fingerprint density at radius 1 is 1.60 bits per heavy atom. The van der Waals surface area contributed by atoms with Crippen LogP contribution in [0.2, 0.25) is 5.02 Å². The molecule has 1 aromatic carbocycles. The molecule has 1 aliphatic heterocycles. The highest BCUT2D eigenvalue weighted by Crippen LogP contribution is 2.28. The SMILES string of the molecule is CSc1ccc(NC(=O)CC2CSCCN2)cc1Cl.Cl. The van der Waals surface area contributed by atoms with Crippen molar-refractivity contribution >= 4 is 59.1 Å². The highest BCUT2D eigenvalue weighted by atomic mass is 35.5. The molecule has 1 saturated heterocycles. The Morgan fingerprint density at radius 2 is 2.40 bits per heavy atom. The number of benzene rings is 1. The Kier molecular flexibility index (Phi) is 8.14. The van der Waals surface area contributed by atoms with Gasteiger partial charge in [-0.3, -0.25) is 4.79 Å². The van der Waals surface area contributed by atoms with Gasteiger partial charge < -0.3 is 10.6 Å². The first-order chi connectivity index (χ1) is 9.19. The topological polar surface area (TPSA) is 41.1 Å². The molecule has 7 heteroatoms. The highest BCUT2D eigenvalue weighted by molar-refractivity contribution is 7.99. The number of rotatable bonds is 4. The van der Waals surface area contributed by atoms with Crippen molar-refractivity contribution in [2.45, 2.75) is 17.4 Å². The third-order valence-corrected chi connectivity index (χ3v) is 5.22. The Hall–Kier alpha value is -0.0700. The molecule has 0 bridgehead atoms. The average Bonchev–Trinajstić information content (AvgIpc) is 2.40. The van der Waals surface area contributed by atoms with Gasteiger partial charge in [0.25, 0.3) is 0 Å². The van der Waals surface area contributed by atoms with Gasteiger partial charge in [0, 0.05) is 41.1 Å². The summed E-state index contributed by atoms with van der Waals surface area (Å²) in [6, 6.07) is 5.89. The molecular formula is C13H18Cl2N2OS2. The second-order valence-corrected chi connectivity index (χ2v) is 6.73. The van der Waals surface area contributed by atoms with Gasteiger partial charge in [-0.2, -0.15) is 11.8 Å². The highest BCUT2D eigenvalue weighted by Gasteiger charge is 2.16. The van der Waals surface area contributed by atoms with Gasteiger partial charge in [-0.25, -0.2) is 0 Å². The molecule has 1 heterocycles. The van der Waals surface area contributed by atoms with Gasteiger partial charge in [0.05, 0.1) is 5.02 Å². The number of amides is 1. The molecule has 3 nitrogen and oxygen atoms in total. The summed E-state index contributed by atoms with van der Waals surface area (Å²) in [5.74, 6) is 2.16. The summed E-state index contributed by atoms with van der Waals surface area (Å²) in [5, 5.41) is 6.93. The van der Waals surface area contributed by atoms with Gasteiger partial charge in [0.1, 0.15) is 0 Å². The van der Waals surface area contributed by atoms with Crippen LogP contribution in [-0.2, 0) is 4.79 Å². The van der Waals surface area contributed by atoms with Crippen molar-refractivity contribution in [3.05, 3.63) is 23.2 Å². The van der Waals surface area contributed by atoms with Crippen molar-refractivity contribution in [3.63, 3.8) is 0 Å². The summed E-state index contributed by atoms with van der Waals surface area (Å²) in [6.45, 7) is 0.983. The number of nitrogens with one attached hydrogen (secondary N) is 2. The zero-order chi connectivity index (χ0) is 13.7. The van der Waals surface area contributed by atoms with E-state index in [1.165, 1.54) is 0 Å². The zero-order valence-corrected chi connectivity index (χ0v) is 14.4. The summed E-state index contributed by atoms with van der Waals surface area (Å²) in [6.07, 6.45) is 2.49. The summed E-state index contributed by atoms with van der Waals surface area (Å²) in [7, 11) is 0. The Balaban J connectivity index is 0.00000200. The summed E-state index contributed by atoms with van der Waals surface area (Å²) in [5.41, 5.74) is 0.760. The van der Waals surface area contributed by atoms with E-state index in [1.54, 1.807) is 17.8 Å². The van der Waals surface area contributed by atoms with Crippen LogP contribution in [0.15, 0.2) is 23.1 Å². The van der Waals surface area contributed by atoms with Crippen molar-refractivity contribution in [3.8, 4) is 0 Å². The van der Waals surface area contributed by atoms with E-state index < -0.39 is 0 Å². The van der Waals surface area contributed by atoms with Crippen molar-refractivity contribution in [2.75, 3.05) is 29.6 Å². The van der Waals surface area contributed by atoms with E-state index in [2.05, 4.69) is 10.6 Å². The molecule has 0 saturated carbocycles. The lowest BCUT2D eigenvalue weighted by Crippen LogP contribution is -2.39. The first-order valence-electron chi connectivity index (χ1n) is 6.13. The molecule has 1 unspecified atom stereocenters. The Morgan fingerprint density at radius 3 is 3.00 bits per heavy atom. The molecule has 2 N–H and O–H groups in total. The van der Waals surface area contributed by atoms with E-state index in [-0.39, 0.29) is 24.4 Å². The van der Waals surface area contributed by atoms with Crippen LogP contribution in [0, 0.1) is 0 Å². The van der Waals surface area contributed by atoms with Gasteiger partial charge in [-0.15, -0.1) is 24.2 Å². The maximum atomic E-state index is 11.9. The van der Waals surface area contributed by atoms with Gasteiger partial charge in [0.2, 0.25) is 5.91 Å². The van der Waals surface area contributed by atoms with Crippen LogP contribution < -0.4 is 10.6 Å². The number of thioether (sulfide) groups is 2. The normalized spacial score (nSPS) is 18.2. The van der Waals surface area contributed by atoms with E-state index in [1.807, 2.05) is 30.2 Å². The predicted molar refractivity (Wildman–Crippen MR) is 92.8 cm³/mol. The monoisotopic (exact) mass is 352 g/mol. The smallest absolute Gasteiger partial charge is 0.225 e.